The summed E-state index contributed by atoms with van der Waals surface area (Å²) < 4.78 is 13.0. The third kappa shape index (κ3) is 2.99. The summed E-state index contributed by atoms with van der Waals surface area (Å²) in [6, 6.07) is 4.18. The molecular formula is C14H14FNO3. The van der Waals surface area contributed by atoms with Gasteiger partial charge in [0, 0.05) is 35.5 Å². The van der Waals surface area contributed by atoms with E-state index in [2.05, 4.69) is 4.98 Å². The number of H-pyrrole nitrogens is 1. The molecule has 2 aromatic rings. The fraction of sp³-hybridized carbons (Fsp3) is 0.286. The summed E-state index contributed by atoms with van der Waals surface area (Å²) in [7, 11) is 0. The molecule has 100 valence electrons. The van der Waals surface area contributed by atoms with Crippen LogP contribution in [-0.2, 0) is 4.79 Å². The van der Waals surface area contributed by atoms with Crippen molar-refractivity contribution >= 4 is 22.7 Å². The second-order valence-electron chi connectivity index (χ2n) is 4.72. The molecule has 2 N–H and O–H groups in total. The number of carboxylic acids is 1. The molecule has 0 aliphatic heterocycles. The topological polar surface area (TPSA) is 70.2 Å². The zero-order valence-corrected chi connectivity index (χ0v) is 10.4. The van der Waals surface area contributed by atoms with E-state index in [1.54, 1.807) is 19.2 Å². The molecule has 0 amide bonds. The number of carbonyl (C=O) groups excluding carboxylic acids is 1. The Kier molecular flexibility index (Phi) is 3.64. The van der Waals surface area contributed by atoms with Gasteiger partial charge in [0.05, 0.1) is 0 Å². The fourth-order valence-electron chi connectivity index (χ4n) is 2.13. The Bertz CT molecular complexity index is 633. The van der Waals surface area contributed by atoms with Crippen molar-refractivity contribution in [2.75, 3.05) is 0 Å². The number of fused-ring (bicyclic) bond motifs is 1. The molecule has 1 aromatic heterocycles. The van der Waals surface area contributed by atoms with E-state index in [9.17, 15) is 14.0 Å². The number of benzene rings is 1. The highest BCUT2D eigenvalue weighted by atomic mass is 19.1. The van der Waals surface area contributed by atoms with Gasteiger partial charge in [-0.15, -0.1) is 0 Å². The molecular weight excluding hydrogens is 249 g/mol. The van der Waals surface area contributed by atoms with E-state index in [1.165, 1.54) is 12.1 Å². The highest BCUT2D eigenvalue weighted by Crippen LogP contribution is 2.22. The van der Waals surface area contributed by atoms with Gasteiger partial charge >= 0.3 is 5.97 Å². The summed E-state index contributed by atoms with van der Waals surface area (Å²) in [5, 5.41) is 9.33. The van der Waals surface area contributed by atoms with Gasteiger partial charge in [0.1, 0.15) is 5.82 Å². The van der Waals surface area contributed by atoms with E-state index >= 15 is 0 Å². The van der Waals surface area contributed by atoms with Gasteiger partial charge < -0.3 is 10.1 Å². The van der Waals surface area contributed by atoms with E-state index < -0.39 is 5.97 Å². The number of carbonyl (C=O) groups is 2. The molecule has 0 radical (unpaired) electrons. The molecule has 0 spiro atoms. The predicted molar refractivity (Wildman–Crippen MR) is 68.6 cm³/mol. The van der Waals surface area contributed by atoms with E-state index in [0.717, 1.165) is 0 Å². The molecule has 0 aliphatic rings. The molecule has 19 heavy (non-hydrogen) atoms. The van der Waals surface area contributed by atoms with Crippen molar-refractivity contribution in [1.82, 2.24) is 4.98 Å². The first-order valence-electron chi connectivity index (χ1n) is 5.99. The van der Waals surface area contributed by atoms with Gasteiger partial charge in [-0.05, 0) is 24.1 Å². The van der Waals surface area contributed by atoms with E-state index in [-0.39, 0.29) is 30.4 Å². The molecule has 1 aromatic carbocycles. The Morgan fingerprint density at radius 3 is 2.79 bits per heavy atom. The van der Waals surface area contributed by atoms with Crippen molar-refractivity contribution in [1.29, 1.82) is 0 Å². The normalized spacial score (nSPS) is 12.5. The molecule has 4 nitrogen and oxygen atoms in total. The Morgan fingerprint density at radius 1 is 1.37 bits per heavy atom. The number of aliphatic carboxylic acids is 1. The maximum atomic E-state index is 13.0. The van der Waals surface area contributed by atoms with Crippen LogP contribution in [0.2, 0.25) is 0 Å². The Morgan fingerprint density at radius 2 is 2.11 bits per heavy atom. The quantitative estimate of drug-likeness (QED) is 0.815. The molecule has 1 atom stereocenters. The molecule has 5 heteroatoms. The molecule has 0 aliphatic carbocycles. The van der Waals surface area contributed by atoms with Gasteiger partial charge in [-0.1, -0.05) is 6.92 Å². The van der Waals surface area contributed by atoms with Crippen molar-refractivity contribution in [3.63, 3.8) is 0 Å². The van der Waals surface area contributed by atoms with Crippen molar-refractivity contribution in [3.8, 4) is 0 Å². The lowest BCUT2D eigenvalue weighted by Gasteiger charge is -2.06. The van der Waals surface area contributed by atoms with Crippen LogP contribution in [0.1, 0.15) is 30.1 Å². The minimum atomic E-state index is -0.915. The Labute approximate surface area is 109 Å². The second kappa shape index (κ2) is 5.22. The van der Waals surface area contributed by atoms with Crippen LogP contribution in [0.3, 0.4) is 0 Å². The van der Waals surface area contributed by atoms with Crippen LogP contribution in [0.4, 0.5) is 4.39 Å². The minimum Gasteiger partial charge on any atom is -0.481 e. The zero-order chi connectivity index (χ0) is 14.0. The molecule has 0 fully saturated rings. The van der Waals surface area contributed by atoms with Crippen LogP contribution in [0.5, 0.6) is 0 Å². The summed E-state index contributed by atoms with van der Waals surface area (Å²) in [6.07, 6.45) is 1.67. The van der Waals surface area contributed by atoms with Crippen LogP contribution in [0, 0.1) is 11.7 Å². The highest BCUT2D eigenvalue weighted by molar-refractivity contribution is 6.07. The lowest BCUT2D eigenvalue weighted by atomic mass is 9.97. The number of ketones is 1. The van der Waals surface area contributed by atoms with Gasteiger partial charge in [0.2, 0.25) is 0 Å². The van der Waals surface area contributed by atoms with Crippen LogP contribution < -0.4 is 0 Å². The van der Waals surface area contributed by atoms with Gasteiger partial charge in [0.25, 0.3) is 0 Å². The predicted octanol–water partition coefficient (Wildman–Crippen LogP) is 2.99. The largest absolute Gasteiger partial charge is 0.481 e. The highest BCUT2D eigenvalue weighted by Gasteiger charge is 2.17. The summed E-state index contributed by atoms with van der Waals surface area (Å²) in [6.45, 7) is 1.72. The van der Waals surface area contributed by atoms with E-state index in [0.29, 0.717) is 16.5 Å². The fourth-order valence-corrected chi connectivity index (χ4v) is 2.13. The number of hydrogen-bond donors (Lipinski definition) is 2. The van der Waals surface area contributed by atoms with Gasteiger partial charge in [0.15, 0.2) is 5.78 Å². The number of aromatic amines is 1. The third-order valence-corrected chi connectivity index (χ3v) is 3.00. The molecule has 0 saturated heterocycles. The third-order valence-electron chi connectivity index (χ3n) is 3.00. The number of halogens is 1. The summed E-state index contributed by atoms with van der Waals surface area (Å²) in [5.41, 5.74) is 1.04. The zero-order valence-electron chi connectivity index (χ0n) is 10.4. The van der Waals surface area contributed by atoms with Crippen molar-refractivity contribution < 1.29 is 19.1 Å². The summed E-state index contributed by atoms with van der Waals surface area (Å²) in [5.74, 6) is -1.64. The number of hydrogen-bond acceptors (Lipinski definition) is 2. The molecule has 1 heterocycles. The first kappa shape index (κ1) is 13.3. The SMILES string of the molecule is CC(CC(=O)O)CC(=O)c1c[nH]c2cc(F)ccc12. The van der Waals surface area contributed by atoms with Crippen LogP contribution in [-0.4, -0.2) is 21.8 Å². The van der Waals surface area contributed by atoms with Crippen molar-refractivity contribution in [2.24, 2.45) is 5.92 Å². The van der Waals surface area contributed by atoms with Crippen LogP contribution in [0.15, 0.2) is 24.4 Å². The van der Waals surface area contributed by atoms with Crippen LogP contribution >= 0.6 is 0 Å². The number of rotatable bonds is 5. The average molecular weight is 263 g/mol. The van der Waals surface area contributed by atoms with E-state index in [4.69, 9.17) is 5.11 Å². The Hall–Kier alpha value is -2.17. The van der Waals surface area contributed by atoms with Gasteiger partial charge in [-0.25, -0.2) is 4.39 Å². The maximum Gasteiger partial charge on any atom is 0.303 e. The average Bonchev–Trinajstić information content (AvgIpc) is 2.70. The molecule has 1 unspecified atom stereocenters. The lowest BCUT2D eigenvalue weighted by Crippen LogP contribution is -2.10. The summed E-state index contributed by atoms with van der Waals surface area (Å²) in [4.78, 5) is 25.5. The second-order valence-corrected chi connectivity index (χ2v) is 4.72. The number of carboxylic acid groups (broad SMARTS) is 1. The van der Waals surface area contributed by atoms with E-state index in [1.807, 2.05) is 0 Å². The Balaban J connectivity index is 2.20. The summed E-state index contributed by atoms with van der Waals surface area (Å²) >= 11 is 0. The number of nitrogens with one attached hydrogen (secondary N) is 1. The minimum absolute atomic E-state index is 0.0390. The monoisotopic (exact) mass is 263 g/mol. The molecule has 0 saturated carbocycles. The van der Waals surface area contributed by atoms with Gasteiger partial charge in [-0.2, -0.15) is 0 Å². The first-order valence-corrected chi connectivity index (χ1v) is 5.99. The van der Waals surface area contributed by atoms with Crippen molar-refractivity contribution in [3.05, 3.63) is 35.8 Å². The standard InChI is InChI=1S/C14H14FNO3/c1-8(5-14(18)19)4-13(17)11-7-16-12-6-9(15)2-3-10(11)12/h2-3,6-8,16H,4-5H2,1H3,(H,18,19). The van der Waals surface area contributed by atoms with Crippen molar-refractivity contribution in [2.45, 2.75) is 19.8 Å². The lowest BCUT2D eigenvalue weighted by molar-refractivity contribution is -0.137. The number of Topliss-reactive ketones (excluding diaryl/α,β-unsaturated/α-hetero) is 1. The molecule has 2 rings (SSSR count). The molecule has 0 bridgehead atoms. The number of aromatic nitrogens is 1. The first-order chi connectivity index (χ1) is 8.97. The maximum absolute atomic E-state index is 13.0. The van der Waals surface area contributed by atoms with Gasteiger partial charge in [-0.3, -0.25) is 9.59 Å². The van der Waals surface area contributed by atoms with Crippen LogP contribution in [0.25, 0.3) is 10.9 Å². The smallest absolute Gasteiger partial charge is 0.303 e.